The Morgan fingerprint density at radius 1 is 0.889 bits per heavy atom. The fourth-order valence-corrected chi connectivity index (χ4v) is 4.78. The summed E-state index contributed by atoms with van der Waals surface area (Å²) in [6, 6.07) is 26.9. The molecule has 0 N–H and O–H groups in total. The predicted molar refractivity (Wildman–Crippen MR) is 112 cm³/mol. The lowest BCUT2D eigenvalue weighted by atomic mass is 10.1. The van der Waals surface area contributed by atoms with Crippen molar-refractivity contribution in [2.45, 2.75) is 23.7 Å². The van der Waals surface area contributed by atoms with Gasteiger partial charge in [0.2, 0.25) is 0 Å². The summed E-state index contributed by atoms with van der Waals surface area (Å²) in [6.07, 6.45) is 0. The number of hydrogen-bond acceptors (Lipinski definition) is 3. The minimum Gasteiger partial charge on any atom is -0.361 e. The van der Waals surface area contributed by atoms with Crippen LogP contribution in [0.2, 0.25) is 0 Å². The number of hydrogen-bond donors (Lipinski definition) is 0. The van der Waals surface area contributed by atoms with Crippen molar-refractivity contribution < 1.29 is 4.21 Å². The first kappa shape index (κ1) is 18.0. The van der Waals surface area contributed by atoms with Crippen molar-refractivity contribution in [1.29, 1.82) is 0 Å². The first-order valence-corrected chi connectivity index (χ1v) is 10.5. The summed E-state index contributed by atoms with van der Waals surface area (Å²) < 4.78 is 12.8. The molecule has 0 amide bonds. The van der Waals surface area contributed by atoms with Crippen LogP contribution >= 0.6 is 0 Å². The molecule has 3 aromatic carbocycles. The van der Waals surface area contributed by atoms with Gasteiger partial charge in [0.25, 0.3) is 0 Å². The smallest absolute Gasteiger partial charge is 0.0709 e. The van der Waals surface area contributed by atoms with E-state index in [0.29, 0.717) is 5.75 Å². The summed E-state index contributed by atoms with van der Waals surface area (Å²) in [5.74, 6) is 0.559. The lowest BCUT2D eigenvalue weighted by molar-refractivity contribution is 0.248. The molecule has 1 unspecified atom stereocenters. The van der Waals surface area contributed by atoms with Crippen molar-refractivity contribution in [2.75, 3.05) is 18.6 Å². The van der Waals surface area contributed by atoms with E-state index >= 15 is 0 Å². The van der Waals surface area contributed by atoms with Crippen molar-refractivity contribution in [1.82, 2.24) is 4.90 Å². The van der Waals surface area contributed by atoms with E-state index in [4.69, 9.17) is 0 Å². The fourth-order valence-electron chi connectivity index (χ4n) is 3.63. The van der Waals surface area contributed by atoms with Crippen LogP contribution in [0.15, 0.2) is 83.8 Å². The second kappa shape index (κ2) is 8.07. The number of benzene rings is 3. The third kappa shape index (κ3) is 4.29. The van der Waals surface area contributed by atoms with Crippen LogP contribution in [0.1, 0.15) is 16.7 Å². The zero-order chi connectivity index (χ0) is 18.6. The van der Waals surface area contributed by atoms with Crippen molar-refractivity contribution in [3.05, 3.63) is 95.6 Å². The largest absolute Gasteiger partial charge is 0.361 e. The van der Waals surface area contributed by atoms with E-state index in [1.807, 2.05) is 36.4 Å². The van der Waals surface area contributed by atoms with Gasteiger partial charge in [0.1, 0.15) is 0 Å². The third-order valence-corrected chi connectivity index (χ3v) is 6.30. The molecule has 0 saturated heterocycles. The molecular weight excluding hydrogens is 352 g/mol. The predicted octanol–water partition coefficient (Wildman–Crippen LogP) is 4.40. The van der Waals surface area contributed by atoms with E-state index in [-0.39, 0.29) is 0 Å². The van der Waals surface area contributed by atoms with E-state index in [2.05, 4.69) is 59.3 Å². The molecule has 3 aromatic rings. The average molecular weight is 377 g/mol. The molecule has 0 bridgehead atoms. The Morgan fingerprint density at radius 3 is 2.26 bits per heavy atom. The van der Waals surface area contributed by atoms with Gasteiger partial charge in [-0.3, -0.25) is 9.11 Å². The molecule has 4 rings (SSSR count). The minimum absolute atomic E-state index is 0.559. The Labute approximate surface area is 163 Å². The quantitative estimate of drug-likeness (QED) is 0.659. The number of nitrogens with zero attached hydrogens (tertiary/aromatic N) is 2. The van der Waals surface area contributed by atoms with E-state index < -0.39 is 10.8 Å². The van der Waals surface area contributed by atoms with E-state index in [1.54, 1.807) is 0 Å². The molecule has 1 atom stereocenters. The second-order valence-electron chi connectivity index (χ2n) is 7.08. The number of rotatable bonds is 5. The molecule has 1 heterocycles. The fraction of sp³-hybridized carbons (Fsp3) is 0.217. The lowest BCUT2D eigenvalue weighted by Crippen LogP contribution is -2.39. The monoisotopic (exact) mass is 376 g/mol. The molecule has 0 aromatic heterocycles. The summed E-state index contributed by atoms with van der Waals surface area (Å²) in [4.78, 5) is 5.60. The summed E-state index contributed by atoms with van der Waals surface area (Å²) in [5.41, 5.74) is 4.91. The van der Waals surface area contributed by atoms with Crippen molar-refractivity contribution in [3.8, 4) is 0 Å². The van der Waals surface area contributed by atoms with Crippen molar-refractivity contribution in [2.24, 2.45) is 0 Å². The summed E-state index contributed by atoms with van der Waals surface area (Å²) in [5, 5.41) is 0. The van der Waals surface area contributed by atoms with Gasteiger partial charge in [-0.15, -0.1) is 0 Å². The molecule has 0 fully saturated rings. The third-order valence-electron chi connectivity index (χ3n) is 4.92. The highest BCUT2D eigenvalue weighted by Gasteiger charge is 2.21. The van der Waals surface area contributed by atoms with E-state index in [1.165, 1.54) is 16.8 Å². The maximum absolute atomic E-state index is 12.8. The molecule has 138 valence electrons. The Hall–Kier alpha value is -2.43. The first-order chi connectivity index (χ1) is 13.2. The van der Waals surface area contributed by atoms with Crippen LogP contribution in [0.3, 0.4) is 0 Å². The Kier molecular flexibility index (Phi) is 5.37. The zero-order valence-corrected chi connectivity index (χ0v) is 16.4. The van der Waals surface area contributed by atoms with Gasteiger partial charge < -0.3 is 4.90 Å². The minimum atomic E-state index is -1.03. The molecular formula is C23H24N2OS. The Balaban J connectivity index is 1.52. The van der Waals surface area contributed by atoms with Gasteiger partial charge in [-0.25, -0.2) is 0 Å². The van der Waals surface area contributed by atoms with E-state index in [0.717, 1.165) is 30.2 Å². The highest BCUT2D eigenvalue weighted by atomic mass is 32.2. The summed E-state index contributed by atoms with van der Waals surface area (Å²) >= 11 is 0. The highest BCUT2D eigenvalue weighted by molar-refractivity contribution is 7.84. The first-order valence-electron chi connectivity index (χ1n) is 9.22. The molecule has 3 nitrogen and oxygen atoms in total. The van der Waals surface area contributed by atoms with Crippen LogP contribution in [0.25, 0.3) is 0 Å². The maximum atomic E-state index is 12.8. The van der Waals surface area contributed by atoms with Crippen LogP contribution in [0, 0.1) is 0 Å². The average Bonchev–Trinajstić information content (AvgIpc) is 2.69. The summed E-state index contributed by atoms with van der Waals surface area (Å²) in [7, 11) is 1.09. The number of anilines is 1. The second-order valence-corrected chi connectivity index (χ2v) is 8.53. The van der Waals surface area contributed by atoms with Crippen molar-refractivity contribution in [3.63, 3.8) is 0 Å². The van der Waals surface area contributed by atoms with Crippen molar-refractivity contribution >= 4 is 16.5 Å². The van der Waals surface area contributed by atoms with Crippen LogP contribution in [0.5, 0.6) is 0 Å². The van der Waals surface area contributed by atoms with Gasteiger partial charge in [-0.1, -0.05) is 60.7 Å². The van der Waals surface area contributed by atoms with Crippen LogP contribution < -0.4 is 4.90 Å². The maximum Gasteiger partial charge on any atom is 0.0709 e. The van der Waals surface area contributed by atoms with Gasteiger partial charge in [-0.05, 0) is 34.9 Å². The van der Waals surface area contributed by atoms with Gasteiger partial charge in [0.15, 0.2) is 0 Å². The summed E-state index contributed by atoms with van der Waals surface area (Å²) in [6.45, 7) is 2.70. The molecule has 0 spiro atoms. The van der Waals surface area contributed by atoms with Gasteiger partial charge in [0, 0.05) is 30.7 Å². The molecule has 4 heteroatoms. The van der Waals surface area contributed by atoms with Crippen LogP contribution in [-0.4, -0.2) is 22.8 Å². The Bertz CT molecular complexity index is 928. The zero-order valence-electron chi connectivity index (χ0n) is 15.5. The SMILES string of the molecule is CN1CN(Cc2ccccc2)Cc2cc(S(=O)Cc3ccccc3)ccc21. The highest BCUT2D eigenvalue weighted by Crippen LogP contribution is 2.29. The molecule has 0 saturated carbocycles. The van der Waals surface area contributed by atoms with Crippen LogP contribution in [-0.2, 0) is 29.6 Å². The lowest BCUT2D eigenvalue weighted by Gasteiger charge is -2.36. The normalized spacial score (nSPS) is 15.4. The van der Waals surface area contributed by atoms with E-state index in [9.17, 15) is 4.21 Å². The van der Waals surface area contributed by atoms with Gasteiger partial charge in [-0.2, -0.15) is 0 Å². The molecule has 1 aliphatic heterocycles. The molecule has 1 aliphatic rings. The molecule has 0 aliphatic carbocycles. The van der Waals surface area contributed by atoms with Gasteiger partial charge in [0.05, 0.1) is 23.2 Å². The topological polar surface area (TPSA) is 23.6 Å². The molecule has 27 heavy (non-hydrogen) atoms. The van der Waals surface area contributed by atoms with Crippen LogP contribution in [0.4, 0.5) is 5.69 Å². The Morgan fingerprint density at radius 2 is 1.56 bits per heavy atom. The number of fused-ring (bicyclic) bond motifs is 1. The van der Waals surface area contributed by atoms with Gasteiger partial charge >= 0.3 is 0 Å². The molecule has 0 radical (unpaired) electrons. The standard InChI is InChI=1S/C23H24N2OS/c1-24-18-25(15-19-8-4-2-5-9-19)16-21-14-22(12-13-23(21)24)27(26)17-20-10-6-3-7-11-20/h2-14H,15-18H2,1H3.